The average Bonchev–Trinajstić information content (AvgIpc) is 2.37. The van der Waals surface area contributed by atoms with Crippen LogP contribution in [-0.2, 0) is 10.0 Å². The van der Waals surface area contributed by atoms with E-state index in [0.717, 1.165) is 19.3 Å². The Labute approximate surface area is 152 Å². The van der Waals surface area contributed by atoms with Gasteiger partial charge < -0.3 is 5.73 Å². The molecule has 2 N–H and O–H groups in total. The van der Waals surface area contributed by atoms with Crippen LogP contribution in [0.15, 0.2) is 17.0 Å². The Balaban J connectivity index is 0.00000242. The zero-order valence-electron chi connectivity index (χ0n) is 11.8. The van der Waals surface area contributed by atoms with Crippen molar-refractivity contribution in [2.75, 3.05) is 19.6 Å². The molecular weight excluding hydrogens is 390 g/mol. The summed E-state index contributed by atoms with van der Waals surface area (Å²) in [6, 6.07) is 2.78. The molecule has 1 unspecified atom stereocenters. The Hall–Kier alpha value is 0.250. The summed E-state index contributed by atoms with van der Waals surface area (Å²) in [5, 5.41) is 0.408. The number of halogens is 4. The summed E-state index contributed by atoms with van der Waals surface area (Å²) in [6.45, 7) is 1.48. The molecule has 22 heavy (non-hydrogen) atoms. The molecule has 1 heterocycles. The molecular formula is C13H18Cl4N2O2S. The third kappa shape index (κ3) is 4.41. The van der Waals surface area contributed by atoms with Crippen LogP contribution in [0.2, 0.25) is 15.1 Å². The molecule has 0 bridgehead atoms. The van der Waals surface area contributed by atoms with Gasteiger partial charge in [-0.1, -0.05) is 34.8 Å². The van der Waals surface area contributed by atoms with Gasteiger partial charge in [-0.05, 0) is 43.9 Å². The van der Waals surface area contributed by atoms with Gasteiger partial charge in [-0.2, -0.15) is 4.31 Å². The number of piperidine rings is 1. The lowest BCUT2D eigenvalue weighted by Gasteiger charge is -2.32. The topological polar surface area (TPSA) is 63.4 Å². The highest BCUT2D eigenvalue weighted by molar-refractivity contribution is 7.89. The number of hydrogen-bond donors (Lipinski definition) is 1. The molecule has 0 saturated carbocycles. The monoisotopic (exact) mass is 406 g/mol. The highest BCUT2D eigenvalue weighted by Gasteiger charge is 2.33. The van der Waals surface area contributed by atoms with Crippen LogP contribution in [0.25, 0.3) is 0 Å². The highest BCUT2D eigenvalue weighted by atomic mass is 35.5. The summed E-state index contributed by atoms with van der Waals surface area (Å²) in [5.74, 6) is 0.281. The van der Waals surface area contributed by atoms with Crippen LogP contribution >= 0.6 is 47.2 Å². The maximum absolute atomic E-state index is 12.8. The third-order valence-corrected chi connectivity index (χ3v) is 6.62. The first-order valence-electron chi connectivity index (χ1n) is 6.71. The van der Waals surface area contributed by atoms with E-state index in [0.29, 0.717) is 24.7 Å². The molecule has 0 amide bonds. The predicted octanol–water partition coefficient (Wildman–Crippen LogP) is 3.82. The Kier molecular flexibility index (Phi) is 7.73. The molecule has 0 spiro atoms. The van der Waals surface area contributed by atoms with Crippen LogP contribution in [0.5, 0.6) is 0 Å². The zero-order valence-corrected chi connectivity index (χ0v) is 15.7. The van der Waals surface area contributed by atoms with Gasteiger partial charge in [-0.15, -0.1) is 12.4 Å². The normalized spacial score (nSPS) is 19.7. The first kappa shape index (κ1) is 20.3. The lowest BCUT2D eigenvalue weighted by atomic mass is 9.96. The molecule has 1 aliphatic rings. The van der Waals surface area contributed by atoms with Gasteiger partial charge in [0, 0.05) is 18.1 Å². The minimum atomic E-state index is -3.72. The average molecular weight is 408 g/mol. The van der Waals surface area contributed by atoms with Crippen LogP contribution in [0.3, 0.4) is 0 Å². The van der Waals surface area contributed by atoms with E-state index in [1.54, 1.807) is 0 Å². The quantitative estimate of drug-likeness (QED) is 0.824. The lowest BCUT2D eigenvalue weighted by molar-refractivity contribution is 0.258. The van der Waals surface area contributed by atoms with Crippen molar-refractivity contribution < 1.29 is 8.42 Å². The van der Waals surface area contributed by atoms with Crippen molar-refractivity contribution in [1.82, 2.24) is 4.31 Å². The fraction of sp³-hybridized carbons (Fsp3) is 0.538. The predicted molar refractivity (Wildman–Crippen MR) is 93.9 cm³/mol. The first-order chi connectivity index (χ1) is 9.86. The van der Waals surface area contributed by atoms with Crippen LogP contribution < -0.4 is 5.73 Å². The van der Waals surface area contributed by atoms with Crippen molar-refractivity contribution in [3.8, 4) is 0 Å². The van der Waals surface area contributed by atoms with Crippen molar-refractivity contribution in [3.63, 3.8) is 0 Å². The molecule has 126 valence electrons. The molecule has 2 rings (SSSR count). The summed E-state index contributed by atoms with van der Waals surface area (Å²) in [5.41, 5.74) is 5.57. The molecule has 4 nitrogen and oxygen atoms in total. The van der Waals surface area contributed by atoms with Crippen LogP contribution in [0.1, 0.15) is 19.3 Å². The van der Waals surface area contributed by atoms with Crippen LogP contribution in [0.4, 0.5) is 0 Å². The van der Waals surface area contributed by atoms with E-state index in [1.807, 2.05) is 0 Å². The van der Waals surface area contributed by atoms with E-state index in [1.165, 1.54) is 16.4 Å². The molecule has 1 aliphatic heterocycles. The minimum Gasteiger partial charge on any atom is -0.330 e. The molecule has 1 fully saturated rings. The molecule has 1 aromatic rings. The van der Waals surface area contributed by atoms with Gasteiger partial charge in [0.15, 0.2) is 0 Å². The second-order valence-corrected chi connectivity index (χ2v) is 8.27. The first-order valence-corrected chi connectivity index (χ1v) is 9.28. The van der Waals surface area contributed by atoms with Gasteiger partial charge in [-0.3, -0.25) is 0 Å². The summed E-state index contributed by atoms with van der Waals surface area (Å²) >= 11 is 17.9. The van der Waals surface area contributed by atoms with Crippen molar-refractivity contribution >= 4 is 57.2 Å². The van der Waals surface area contributed by atoms with Crippen molar-refractivity contribution in [1.29, 1.82) is 0 Å². The smallest absolute Gasteiger partial charge is 0.246 e. The van der Waals surface area contributed by atoms with E-state index < -0.39 is 10.0 Å². The fourth-order valence-corrected chi connectivity index (χ4v) is 5.67. The number of rotatable bonds is 4. The minimum absolute atomic E-state index is 0. The molecule has 1 aromatic carbocycles. The number of hydrogen-bond acceptors (Lipinski definition) is 3. The summed E-state index contributed by atoms with van der Waals surface area (Å²) in [4.78, 5) is -0.0661. The molecule has 0 aliphatic carbocycles. The number of nitrogens with zero attached hydrogens (tertiary/aromatic N) is 1. The zero-order chi connectivity index (χ0) is 15.6. The van der Waals surface area contributed by atoms with Gasteiger partial charge in [0.2, 0.25) is 10.0 Å². The van der Waals surface area contributed by atoms with Gasteiger partial charge in [0.25, 0.3) is 0 Å². The Morgan fingerprint density at radius 2 is 1.82 bits per heavy atom. The van der Waals surface area contributed by atoms with E-state index in [2.05, 4.69) is 0 Å². The molecule has 1 atom stereocenters. The summed E-state index contributed by atoms with van der Waals surface area (Å²) < 4.78 is 27.0. The fourth-order valence-electron chi connectivity index (χ4n) is 2.62. The maximum Gasteiger partial charge on any atom is 0.246 e. The Morgan fingerprint density at radius 1 is 1.23 bits per heavy atom. The largest absolute Gasteiger partial charge is 0.330 e. The highest BCUT2D eigenvalue weighted by Crippen LogP contribution is 2.36. The van der Waals surface area contributed by atoms with E-state index in [9.17, 15) is 8.42 Å². The summed E-state index contributed by atoms with van der Waals surface area (Å²) in [6.07, 6.45) is 2.62. The summed E-state index contributed by atoms with van der Waals surface area (Å²) in [7, 11) is -3.72. The van der Waals surface area contributed by atoms with Crippen LogP contribution in [0, 0.1) is 5.92 Å². The van der Waals surface area contributed by atoms with Gasteiger partial charge in [-0.25, -0.2) is 8.42 Å². The number of sulfonamides is 1. The van der Waals surface area contributed by atoms with Crippen molar-refractivity contribution in [3.05, 3.63) is 27.2 Å². The Morgan fingerprint density at radius 3 is 2.36 bits per heavy atom. The van der Waals surface area contributed by atoms with Gasteiger partial charge in [0.1, 0.15) is 4.90 Å². The molecule has 1 saturated heterocycles. The van der Waals surface area contributed by atoms with Crippen molar-refractivity contribution in [2.24, 2.45) is 11.7 Å². The maximum atomic E-state index is 12.8. The number of benzene rings is 1. The second kappa shape index (κ2) is 8.38. The number of nitrogens with two attached hydrogens (primary N) is 1. The third-order valence-electron chi connectivity index (χ3n) is 3.62. The second-order valence-electron chi connectivity index (χ2n) is 5.15. The van der Waals surface area contributed by atoms with Gasteiger partial charge in [0.05, 0.1) is 10.0 Å². The Bertz CT molecular complexity index is 599. The van der Waals surface area contributed by atoms with E-state index >= 15 is 0 Å². The molecule has 0 aromatic heterocycles. The lowest BCUT2D eigenvalue weighted by Crippen LogP contribution is -2.40. The van der Waals surface area contributed by atoms with E-state index in [4.69, 9.17) is 40.5 Å². The van der Waals surface area contributed by atoms with Crippen LogP contribution in [-0.4, -0.2) is 32.4 Å². The standard InChI is InChI=1S/C13H17Cl3N2O2S.ClH/c14-10-6-11(15)13(12(16)7-10)21(19,20)18-5-1-2-9(8-18)3-4-17;/h6-7,9H,1-5,8,17H2;1H. The molecule has 9 heteroatoms. The van der Waals surface area contributed by atoms with Crippen molar-refractivity contribution in [2.45, 2.75) is 24.2 Å². The van der Waals surface area contributed by atoms with Gasteiger partial charge >= 0.3 is 0 Å². The molecule has 0 radical (unpaired) electrons. The SMILES string of the molecule is Cl.NCCC1CCCN(S(=O)(=O)c2c(Cl)cc(Cl)cc2Cl)C1. The van der Waals surface area contributed by atoms with E-state index in [-0.39, 0.29) is 33.3 Å².